The van der Waals surface area contributed by atoms with Gasteiger partial charge in [0, 0.05) is 19.1 Å². The molecular formula is C15H22N2O2. The second-order valence-electron chi connectivity index (χ2n) is 5.20. The van der Waals surface area contributed by atoms with E-state index in [1.807, 2.05) is 35.0 Å². The predicted octanol–water partition coefficient (Wildman–Crippen LogP) is 1.10. The standard InChI is InChI=1S/C15H22N2O2/c1-16(9-10-18)12-15(19)17(14-7-8-14)11-13-5-3-2-4-6-13/h2-6,14,18H,7-12H2,1H3. The van der Waals surface area contributed by atoms with Crippen molar-refractivity contribution in [1.82, 2.24) is 9.80 Å². The summed E-state index contributed by atoms with van der Waals surface area (Å²) in [5.41, 5.74) is 1.17. The second-order valence-corrected chi connectivity index (χ2v) is 5.20. The molecule has 1 aliphatic rings. The van der Waals surface area contributed by atoms with E-state index in [1.165, 1.54) is 5.56 Å². The lowest BCUT2D eigenvalue weighted by atomic mass is 10.2. The number of hydrogen-bond acceptors (Lipinski definition) is 3. The van der Waals surface area contributed by atoms with Gasteiger partial charge < -0.3 is 10.0 Å². The van der Waals surface area contributed by atoms with Crippen LogP contribution in [0, 0.1) is 0 Å². The zero-order chi connectivity index (χ0) is 13.7. The summed E-state index contributed by atoms with van der Waals surface area (Å²) in [7, 11) is 1.86. The Morgan fingerprint density at radius 2 is 2.00 bits per heavy atom. The Kier molecular flexibility index (Phi) is 4.93. The third kappa shape index (κ3) is 4.33. The highest BCUT2D eigenvalue weighted by Crippen LogP contribution is 2.28. The van der Waals surface area contributed by atoms with Crippen LogP contribution in [-0.2, 0) is 11.3 Å². The fraction of sp³-hybridized carbons (Fsp3) is 0.533. The summed E-state index contributed by atoms with van der Waals surface area (Å²) in [6.07, 6.45) is 2.23. The summed E-state index contributed by atoms with van der Waals surface area (Å²) in [4.78, 5) is 16.2. The van der Waals surface area contributed by atoms with Gasteiger partial charge in [0.05, 0.1) is 13.2 Å². The molecule has 4 heteroatoms. The molecule has 0 atom stereocenters. The fourth-order valence-corrected chi connectivity index (χ4v) is 2.16. The molecule has 4 nitrogen and oxygen atoms in total. The van der Waals surface area contributed by atoms with Crippen LogP contribution in [0.2, 0.25) is 0 Å². The van der Waals surface area contributed by atoms with E-state index in [4.69, 9.17) is 5.11 Å². The van der Waals surface area contributed by atoms with Crippen LogP contribution in [-0.4, -0.2) is 53.6 Å². The molecule has 19 heavy (non-hydrogen) atoms. The molecule has 1 saturated carbocycles. The van der Waals surface area contributed by atoms with Crippen LogP contribution in [0.15, 0.2) is 30.3 Å². The molecule has 2 rings (SSSR count). The average Bonchev–Trinajstić information content (AvgIpc) is 3.21. The van der Waals surface area contributed by atoms with Gasteiger partial charge in [-0.1, -0.05) is 30.3 Å². The molecular weight excluding hydrogens is 240 g/mol. The van der Waals surface area contributed by atoms with Crippen LogP contribution < -0.4 is 0 Å². The van der Waals surface area contributed by atoms with E-state index < -0.39 is 0 Å². The van der Waals surface area contributed by atoms with Gasteiger partial charge in [-0.2, -0.15) is 0 Å². The van der Waals surface area contributed by atoms with Gasteiger partial charge in [0.15, 0.2) is 0 Å². The summed E-state index contributed by atoms with van der Waals surface area (Å²) >= 11 is 0. The van der Waals surface area contributed by atoms with Gasteiger partial charge >= 0.3 is 0 Å². The molecule has 0 aliphatic heterocycles. The Morgan fingerprint density at radius 1 is 1.32 bits per heavy atom. The first-order valence-electron chi connectivity index (χ1n) is 6.83. The van der Waals surface area contributed by atoms with Gasteiger partial charge in [0.1, 0.15) is 0 Å². The number of carbonyl (C=O) groups is 1. The summed E-state index contributed by atoms with van der Waals surface area (Å²) in [6.45, 7) is 1.70. The molecule has 0 aromatic heterocycles. The Balaban J connectivity index is 1.94. The number of nitrogens with zero attached hydrogens (tertiary/aromatic N) is 2. The van der Waals surface area contributed by atoms with Crippen molar-refractivity contribution >= 4 is 5.91 Å². The van der Waals surface area contributed by atoms with Crippen molar-refractivity contribution in [1.29, 1.82) is 0 Å². The van der Waals surface area contributed by atoms with Crippen molar-refractivity contribution in [3.8, 4) is 0 Å². The summed E-state index contributed by atoms with van der Waals surface area (Å²) in [5.74, 6) is 0.155. The van der Waals surface area contributed by atoms with Crippen molar-refractivity contribution in [3.63, 3.8) is 0 Å². The van der Waals surface area contributed by atoms with Gasteiger partial charge in [-0.25, -0.2) is 0 Å². The normalized spacial score (nSPS) is 14.7. The third-order valence-electron chi connectivity index (χ3n) is 3.39. The highest BCUT2D eigenvalue weighted by atomic mass is 16.3. The average molecular weight is 262 g/mol. The minimum absolute atomic E-state index is 0.0892. The van der Waals surface area contributed by atoms with E-state index in [2.05, 4.69) is 12.1 Å². The molecule has 0 spiro atoms. The van der Waals surface area contributed by atoms with Gasteiger partial charge in [0.2, 0.25) is 5.91 Å². The van der Waals surface area contributed by atoms with Crippen molar-refractivity contribution in [3.05, 3.63) is 35.9 Å². The van der Waals surface area contributed by atoms with Crippen LogP contribution in [0.4, 0.5) is 0 Å². The SMILES string of the molecule is CN(CCO)CC(=O)N(Cc1ccccc1)C1CC1. The van der Waals surface area contributed by atoms with E-state index in [1.54, 1.807) is 0 Å². The van der Waals surface area contributed by atoms with Crippen LogP contribution in [0.25, 0.3) is 0 Å². The molecule has 1 aromatic carbocycles. The first-order chi connectivity index (χ1) is 9.20. The fourth-order valence-electron chi connectivity index (χ4n) is 2.16. The lowest BCUT2D eigenvalue weighted by Gasteiger charge is -2.25. The van der Waals surface area contributed by atoms with E-state index in [9.17, 15) is 4.79 Å². The van der Waals surface area contributed by atoms with Crippen molar-refractivity contribution in [2.45, 2.75) is 25.4 Å². The zero-order valence-electron chi connectivity index (χ0n) is 11.5. The maximum Gasteiger partial charge on any atom is 0.237 e. The van der Waals surface area contributed by atoms with Gasteiger partial charge in [-0.05, 0) is 25.5 Å². The molecule has 1 fully saturated rings. The molecule has 0 radical (unpaired) electrons. The minimum atomic E-state index is 0.0892. The minimum Gasteiger partial charge on any atom is -0.395 e. The number of amides is 1. The Bertz CT molecular complexity index is 404. The second kappa shape index (κ2) is 6.68. The highest BCUT2D eigenvalue weighted by Gasteiger charge is 2.32. The van der Waals surface area contributed by atoms with Crippen LogP contribution >= 0.6 is 0 Å². The first-order valence-corrected chi connectivity index (χ1v) is 6.83. The Morgan fingerprint density at radius 3 is 2.58 bits per heavy atom. The predicted molar refractivity (Wildman–Crippen MR) is 74.6 cm³/mol. The van der Waals surface area contributed by atoms with E-state index in [0.29, 0.717) is 25.7 Å². The lowest BCUT2D eigenvalue weighted by Crippen LogP contribution is -2.40. The molecule has 0 unspecified atom stereocenters. The first kappa shape index (κ1) is 14.0. The molecule has 1 aliphatic carbocycles. The maximum atomic E-state index is 12.3. The number of rotatable bonds is 7. The Labute approximate surface area is 114 Å². The molecule has 1 N–H and O–H groups in total. The topological polar surface area (TPSA) is 43.8 Å². The maximum absolute atomic E-state index is 12.3. The number of hydrogen-bond donors (Lipinski definition) is 1. The number of likely N-dealkylation sites (N-methyl/N-ethyl adjacent to an activating group) is 1. The molecule has 0 bridgehead atoms. The van der Waals surface area contributed by atoms with Gasteiger partial charge in [0.25, 0.3) is 0 Å². The van der Waals surface area contributed by atoms with E-state index in [-0.39, 0.29) is 12.5 Å². The summed E-state index contributed by atoms with van der Waals surface area (Å²) < 4.78 is 0. The van der Waals surface area contributed by atoms with Crippen molar-refractivity contribution in [2.75, 3.05) is 26.7 Å². The number of benzene rings is 1. The van der Waals surface area contributed by atoms with Crippen molar-refractivity contribution < 1.29 is 9.90 Å². The Hall–Kier alpha value is -1.39. The lowest BCUT2D eigenvalue weighted by molar-refractivity contribution is -0.133. The van der Waals surface area contributed by atoms with Crippen LogP contribution in [0.5, 0.6) is 0 Å². The van der Waals surface area contributed by atoms with Crippen molar-refractivity contribution in [2.24, 2.45) is 0 Å². The molecule has 0 saturated heterocycles. The van der Waals surface area contributed by atoms with Crippen LogP contribution in [0.1, 0.15) is 18.4 Å². The molecule has 0 heterocycles. The largest absolute Gasteiger partial charge is 0.395 e. The smallest absolute Gasteiger partial charge is 0.237 e. The number of carbonyl (C=O) groups excluding carboxylic acids is 1. The summed E-state index contributed by atoms with van der Waals surface area (Å²) in [6, 6.07) is 10.5. The third-order valence-corrected chi connectivity index (χ3v) is 3.39. The monoisotopic (exact) mass is 262 g/mol. The van der Waals surface area contributed by atoms with Crippen LogP contribution in [0.3, 0.4) is 0 Å². The van der Waals surface area contributed by atoms with Gasteiger partial charge in [-0.15, -0.1) is 0 Å². The zero-order valence-corrected chi connectivity index (χ0v) is 11.5. The number of aliphatic hydroxyl groups is 1. The quantitative estimate of drug-likeness (QED) is 0.800. The molecule has 1 aromatic rings. The summed E-state index contributed by atoms with van der Waals surface area (Å²) in [5, 5.41) is 8.88. The molecule has 1 amide bonds. The van der Waals surface area contributed by atoms with E-state index >= 15 is 0 Å². The van der Waals surface area contributed by atoms with E-state index in [0.717, 1.165) is 12.8 Å². The molecule has 104 valence electrons. The number of aliphatic hydroxyl groups excluding tert-OH is 1. The highest BCUT2D eigenvalue weighted by molar-refractivity contribution is 5.79. The van der Waals surface area contributed by atoms with Gasteiger partial charge in [-0.3, -0.25) is 9.69 Å².